The molecule has 1 atom stereocenters. The van der Waals surface area contributed by atoms with Crippen molar-refractivity contribution in [2.75, 3.05) is 26.2 Å². The largest absolute Gasteiger partial charge is 0.481 e. The average Bonchev–Trinajstić information content (AvgIpc) is 2.88. The summed E-state index contributed by atoms with van der Waals surface area (Å²) in [6.45, 7) is 10.6. The van der Waals surface area contributed by atoms with Crippen LogP contribution in [0.4, 0.5) is 0 Å². The minimum atomic E-state index is -1.17. The molecule has 0 unspecified atom stereocenters. The highest BCUT2D eigenvalue weighted by atomic mass is 16.4. The number of hydrogen-bond donors (Lipinski definition) is 5. The number of unbranched alkanes of at least 4 members (excludes halogenated alkanes) is 14. The standard InChI is InChI=1S/C18H36O2.C6H16N2.C5H9NO4/c1-2-3-4-5-6-7-8-9-10-11-12-13-14-15-16-17-18(19)20;1-3-8(4-2)6-5-7;6-3(5(9)10)1-2-4(7)8/h2-17H2,1H3,(H,19,20);3-7H2,1-2H3;3H,1-2,6H2,(H,7,8)(H,9,10)/t;;3-/m..0/s1. The Morgan fingerprint density at radius 2 is 1.00 bits per heavy atom. The normalized spacial score (nSPS) is 11.2. The number of likely N-dealkylation sites (N-methyl/N-ethyl adjacent to an activating group) is 1. The van der Waals surface area contributed by atoms with Crippen LogP contribution in [-0.2, 0) is 14.4 Å². The summed E-state index contributed by atoms with van der Waals surface area (Å²) in [7, 11) is 0. The van der Waals surface area contributed by atoms with Crippen molar-refractivity contribution in [3.63, 3.8) is 0 Å². The fraction of sp³-hybridized carbons (Fsp3) is 0.897. The number of hydrogen-bond acceptors (Lipinski definition) is 6. The molecule has 228 valence electrons. The Labute approximate surface area is 232 Å². The maximum Gasteiger partial charge on any atom is 0.320 e. The third-order valence-electron chi connectivity index (χ3n) is 6.32. The summed E-state index contributed by atoms with van der Waals surface area (Å²) in [5, 5.41) is 24.8. The number of carboxylic acids is 3. The van der Waals surface area contributed by atoms with Gasteiger partial charge in [0.2, 0.25) is 0 Å². The van der Waals surface area contributed by atoms with Gasteiger partial charge in [-0.15, -0.1) is 0 Å². The zero-order chi connectivity index (χ0) is 29.4. The van der Waals surface area contributed by atoms with Gasteiger partial charge >= 0.3 is 17.9 Å². The van der Waals surface area contributed by atoms with E-state index in [1.807, 2.05) is 0 Å². The van der Waals surface area contributed by atoms with Crippen LogP contribution in [0, 0.1) is 0 Å². The molecule has 0 saturated carbocycles. The molecular formula is C29H61N3O6. The lowest BCUT2D eigenvalue weighted by molar-refractivity contribution is -0.140. The van der Waals surface area contributed by atoms with Crippen LogP contribution in [0.3, 0.4) is 0 Å². The summed E-state index contributed by atoms with van der Waals surface area (Å²) < 4.78 is 0. The highest BCUT2D eigenvalue weighted by molar-refractivity contribution is 5.74. The first-order valence-corrected chi connectivity index (χ1v) is 15.0. The minimum Gasteiger partial charge on any atom is -0.481 e. The van der Waals surface area contributed by atoms with Crippen molar-refractivity contribution in [3.8, 4) is 0 Å². The molecule has 0 spiro atoms. The Bertz CT molecular complexity index is 530. The van der Waals surface area contributed by atoms with Crippen molar-refractivity contribution < 1.29 is 29.7 Å². The fourth-order valence-electron chi connectivity index (χ4n) is 3.77. The third-order valence-corrected chi connectivity index (χ3v) is 6.32. The molecule has 0 radical (unpaired) electrons. The molecule has 0 heterocycles. The van der Waals surface area contributed by atoms with Gasteiger partial charge in [-0.25, -0.2) is 0 Å². The first-order chi connectivity index (χ1) is 18.2. The molecule has 0 aliphatic rings. The summed E-state index contributed by atoms with van der Waals surface area (Å²) in [5.41, 5.74) is 10.3. The quantitative estimate of drug-likeness (QED) is 0.0926. The molecule has 0 fully saturated rings. The number of nitrogens with two attached hydrogens (primary N) is 2. The summed E-state index contributed by atoms with van der Waals surface area (Å²) in [5.74, 6) is -2.85. The number of nitrogens with zero attached hydrogens (tertiary/aromatic N) is 1. The van der Waals surface area contributed by atoms with E-state index in [2.05, 4.69) is 25.7 Å². The smallest absolute Gasteiger partial charge is 0.320 e. The first-order valence-electron chi connectivity index (χ1n) is 15.0. The van der Waals surface area contributed by atoms with Gasteiger partial charge in [-0.05, 0) is 25.9 Å². The average molecular weight is 548 g/mol. The highest BCUT2D eigenvalue weighted by Gasteiger charge is 2.12. The second-order valence-corrected chi connectivity index (χ2v) is 9.79. The number of aliphatic carboxylic acids is 3. The number of rotatable bonds is 24. The predicted octanol–water partition coefficient (Wildman–Crippen LogP) is 5.88. The molecule has 0 aromatic rings. The van der Waals surface area contributed by atoms with Gasteiger partial charge in [0.1, 0.15) is 6.04 Å². The van der Waals surface area contributed by atoms with Crippen LogP contribution in [0.5, 0.6) is 0 Å². The third kappa shape index (κ3) is 38.8. The van der Waals surface area contributed by atoms with E-state index in [0.717, 1.165) is 39.0 Å². The minimum absolute atomic E-state index is 0.0231. The Morgan fingerprint density at radius 3 is 1.26 bits per heavy atom. The molecule has 0 aromatic heterocycles. The van der Waals surface area contributed by atoms with E-state index in [1.165, 1.54) is 83.5 Å². The summed E-state index contributed by atoms with van der Waals surface area (Å²) in [4.78, 5) is 32.5. The molecule has 0 aromatic carbocycles. The molecule has 9 heteroatoms. The molecule has 7 N–H and O–H groups in total. The SMILES string of the molecule is CCCCCCCCCCCCCCCCCC(=O)O.CCN(CC)CCN.N[C@@H](CCC(=O)O)C(=O)O. The Morgan fingerprint density at radius 1 is 0.632 bits per heavy atom. The van der Waals surface area contributed by atoms with E-state index in [4.69, 9.17) is 26.8 Å². The van der Waals surface area contributed by atoms with Gasteiger partial charge in [0.15, 0.2) is 0 Å². The predicted molar refractivity (Wildman–Crippen MR) is 157 cm³/mol. The fourth-order valence-corrected chi connectivity index (χ4v) is 3.77. The van der Waals surface area contributed by atoms with E-state index in [-0.39, 0.29) is 12.8 Å². The molecule has 0 saturated heterocycles. The van der Waals surface area contributed by atoms with Crippen LogP contribution in [0.2, 0.25) is 0 Å². The van der Waals surface area contributed by atoms with Gasteiger partial charge in [-0.3, -0.25) is 14.4 Å². The van der Waals surface area contributed by atoms with E-state index < -0.39 is 23.9 Å². The number of carboxylic acid groups (broad SMARTS) is 3. The lowest BCUT2D eigenvalue weighted by Gasteiger charge is -2.15. The van der Waals surface area contributed by atoms with Crippen LogP contribution in [0.15, 0.2) is 0 Å². The van der Waals surface area contributed by atoms with Gasteiger partial charge in [0.25, 0.3) is 0 Å². The Hall–Kier alpha value is -1.71. The zero-order valence-electron chi connectivity index (χ0n) is 24.8. The molecule has 9 nitrogen and oxygen atoms in total. The second-order valence-electron chi connectivity index (χ2n) is 9.79. The van der Waals surface area contributed by atoms with Crippen LogP contribution in [0.1, 0.15) is 136 Å². The molecule has 0 aliphatic carbocycles. The lowest BCUT2D eigenvalue weighted by atomic mass is 10.0. The molecule has 0 bridgehead atoms. The monoisotopic (exact) mass is 547 g/mol. The van der Waals surface area contributed by atoms with E-state index in [1.54, 1.807) is 0 Å². The highest BCUT2D eigenvalue weighted by Crippen LogP contribution is 2.13. The zero-order valence-corrected chi connectivity index (χ0v) is 24.8. The first kappa shape index (κ1) is 40.8. The van der Waals surface area contributed by atoms with Crippen LogP contribution in [0.25, 0.3) is 0 Å². The molecule has 0 aliphatic heterocycles. The molecule has 0 amide bonds. The van der Waals surface area contributed by atoms with Crippen molar-refractivity contribution in [1.29, 1.82) is 0 Å². The Kier molecular flexibility index (Phi) is 35.8. The maximum atomic E-state index is 10.3. The number of carbonyl (C=O) groups is 3. The van der Waals surface area contributed by atoms with Gasteiger partial charge in [-0.2, -0.15) is 0 Å². The summed E-state index contributed by atoms with van der Waals surface area (Å²) in [6, 6.07) is -1.06. The van der Waals surface area contributed by atoms with E-state index in [9.17, 15) is 14.4 Å². The van der Waals surface area contributed by atoms with Gasteiger partial charge in [-0.1, -0.05) is 111 Å². The van der Waals surface area contributed by atoms with Crippen molar-refractivity contribution >= 4 is 17.9 Å². The lowest BCUT2D eigenvalue weighted by Crippen LogP contribution is -2.30. The summed E-state index contributed by atoms with van der Waals surface area (Å²) >= 11 is 0. The molecule has 0 rings (SSSR count). The van der Waals surface area contributed by atoms with Gasteiger partial charge < -0.3 is 31.7 Å². The van der Waals surface area contributed by atoms with Crippen molar-refractivity contribution in [3.05, 3.63) is 0 Å². The molecule has 38 heavy (non-hydrogen) atoms. The second kappa shape index (κ2) is 33.3. The van der Waals surface area contributed by atoms with Gasteiger partial charge in [0.05, 0.1) is 0 Å². The van der Waals surface area contributed by atoms with Crippen LogP contribution < -0.4 is 11.5 Å². The summed E-state index contributed by atoms with van der Waals surface area (Å²) in [6.07, 6.45) is 20.0. The van der Waals surface area contributed by atoms with E-state index in [0.29, 0.717) is 6.42 Å². The Balaban J connectivity index is -0.000000564. The van der Waals surface area contributed by atoms with Crippen LogP contribution in [-0.4, -0.2) is 70.3 Å². The van der Waals surface area contributed by atoms with Crippen LogP contribution >= 0.6 is 0 Å². The molecular weight excluding hydrogens is 486 g/mol. The maximum absolute atomic E-state index is 10.3. The van der Waals surface area contributed by atoms with Gasteiger partial charge in [0, 0.05) is 25.9 Å². The van der Waals surface area contributed by atoms with E-state index >= 15 is 0 Å². The van der Waals surface area contributed by atoms with Crippen molar-refractivity contribution in [2.45, 2.75) is 142 Å². The van der Waals surface area contributed by atoms with Crippen molar-refractivity contribution in [1.82, 2.24) is 4.90 Å². The van der Waals surface area contributed by atoms with Crippen molar-refractivity contribution in [2.24, 2.45) is 11.5 Å². The topological polar surface area (TPSA) is 167 Å².